The number of nitrogens with zero attached hydrogens (tertiary/aromatic N) is 3. The largest absolute Gasteiger partial charge is 0.356 e. The van der Waals surface area contributed by atoms with Gasteiger partial charge in [0.15, 0.2) is 0 Å². The van der Waals surface area contributed by atoms with Crippen LogP contribution < -0.4 is 5.32 Å². The molecule has 0 spiro atoms. The molecule has 5 heteroatoms. The Morgan fingerprint density at radius 3 is 2.76 bits per heavy atom. The van der Waals surface area contributed by atoms with Crippen LogP contribution in [-0.2, 0) is 6.54 Å². The predicted octanol–water partition coefficient (Wildman–Crippen LogP) is 2.83. The summed E-state index contributed by atoms with van der Waals surface area (Å²) in [4.78, 5) is 8.96. The molecule has 0 aliphatic carbocycles. The zero-order valence-corrected chi connectivity index (χ0v) is 11.3. The Labute approximate surface area is 106 Å². The number of aromatic nitrogens is 3. The third-order valence-electron chi connectivity index (χ3n) is 2.40. The average Bonchev–Trinajstić information content (AvgIpc) is 2.83. The summed E-state index contributed by atoms with van der Waals surface area (Å²) in [7, 11) is 0. The molecular weight excluding hydrogens is 232 g/mol. The van der Waals surface area contributed by atoms with Gasteiger partial charge in [0, 0.05) is 23.8 Å². The lowest BCUT2D eigenvalue weighted by Crippen LogP contribution is -2.08. The quantitative estimate of drug-likeness (QED) is 0.887. The summed E-state index contributed by atoms with van der Waals surface area (Å²) in [5.74, 6) is 0.942. The smallest absolute Gasteiger partial charge is 0.203 e. The minimum absolute atomic E-state index is 0.797. The van der Waals surface area contributed by atoms with Crippen molar-refractivity contribution in [1.82, 2.24) is 14.5 Å². The third kappa shape index (κ3) is 3.06. The fraction of sp³-hybridized carbons (Fsp3) is 0.500. The fourth-order valence-corrected chi connectivity index (χ4v) is 2.44. The molecule has 2 aromatic rings. The van der Waals surface area contributed by atoms with Crippen LogP contribution in [0.25, 0.3) is 0 Å². The third-order valence-corrected chi connectivity index (χ3v) is 3.35. The van der Waals surface area contributed by atoms with Crippen LogP contribution in [0, 0.1) is 13.8 Å². The van der Waals surface area contributed by atoms with Crippen LogP contribution in [0.3, 0.4) is 0 Å². The van der Waals surface area contributed by atoms with Gasteiger partial charge in [-0.1, -0.05) is 6.92 Å². The first kappa shape index (κ1) is 12.1. The van der Waals surface area contributed by atoms with E-state index in [-0.39, 0.29) is 0 Å². The molecule has 0 unspecified atom stereocenters. The van der Waals surface area contributed by atoms with Crippen LogP contribution in [0.15, 0.2) is 11.6 Å². The molecule has 0 atom stereocenters. The molecular formula is C12H18N4S. The van der Waals surface area contributed by atoms with E-state index in [4.69, 9.17) is 0 Å². The van der Waals surface area contributed by atoms with E-state index < -0.39 is 0 Å². The summed E-state index contributed by atoms with van der Waals surface area (Å²) >= 11 is 1.70. The van der Waals surface area contributed by atoms with Gasteiger partial charge < -0.3 is 9.88 Å². The van der Waals surface area contributed by atoms with Crippen molar-refractivity contribution in [3.8, 4) is 0 Å². The Morgan fingerprint density at radius 2 is 2.12 bits per heavy atom. The van der Waals surface area contributed by atoms with Crippen molar-refractivity contribution in [2.45, 2.75) is 33.7 Å². The highest BCUT2D eigenvalue weighted by molar-refractivity contribution is 7.09. The van der Waals surface area contributed by atoms with Crippen LogP contribution >= 0.6 is 11.3 Å². The van der Waals surface area contributed by atoms with Gasteiger partial charge >= 0.3 is 0 Å². The van der Waals surface area contributed by atoms with Crippen LogP contribution in [0.5, 0.6) is 0 Å². The lowest BCUT2D eigenvalue weighted by molar-refractivity contribution is 0.784. The molecule has 0 radical (unpaired) electrons. The van der Waals surface area contributed by atoms with Crippen molar-refractivity contribution in [2.24, 2.45) is 0 Å². The highest BCUT2D eigenvalue weighted by Crippen LogP contribution is 2.15. The second-order valence-corrected chi connectivity index (χ2v) is 5.09. The number of hydrogen-bond acceptors (Lipinski definition) is 4. The number of nitrogens with one attached hydrogen (secondary N) is 1. The molecule has 0 amide bonds. The minimum atomic E-state index is 0.797. The second kappa shape index (κ2) is 5.31. The van der Waals surface area contributed by atoms with Crippen LogP contribution in [0.1, 0.15) is 29.7 Å². The predicted molar refractivity (Wildman–Crippen MR) is 71.7 cm³/mol. The molecule has 2 heterocycles. The number of anilines is 1. The van der Waals surface area contributed by atoms with Crippen molar-refractivity contribution in [3.63, 3.8) is 0 Å². The lowest BCUT2D eigenvalue weighted by Gasteiger charge is -2.06. The molecule has 2 aromatic heterocycles. The molecule has 2 rings (SSSR count). The molecule has 0 aromatic carbocycles. The normalized spacial score (nSPS) is 10.8. The van der Waals surface area contributed by atoms with E-state index in [0.717, 1.165) is 41.9 Å². The maximum atomic E-state index is 4.48. The Bertz CT molecular complexity index is 486. The average molecular weight is 250 g/mol. The lowest BCUT2D eigenvalue weighted by atomic mass is 10.5. The zero-order valence-electron chi connectivity index (χ0n) is 10.5. The Balaban J connectivity index is 2.14. The summed E-state index contributed by atoms with van der Waals surface area (Å²) < 4.78 is 2.13. The van der Waals surface area contributed by atoms with Crippen molar-refractivity contribution >= 4 is 17.3 Å². The molecule has 4 nitrogen and oxygen atoms in total. The molecule has 1 N–H and O–H groups in total. The van der Waals surface area contributed by atoms with E-state index >= 15 is 0 Å². The van der Waals surface area contributed by atoms with Crippen LogP contribution in [0.4, 0.5) is 5.95 Å². The molecule has 0 bridgehead atoms. The van der Waals surface area contributed by atoms with E-state index in [1.54, 1.807) is 11.3 Å². The fourth-order valence-electron chi connectivity index (χ4n) is 1.67. The van der Waals surface area contributed by atoms with Crippen molar-refractivity contribution in [2.75, 3.05) is 11.9 Å². The van der Waals surface area contributed by atoms with E-state index in [2.05, 4.69) is 38.4 Å². The number of thiazole rings is 1. The second-order valence-electron chi connectivity index (χ2n) is 4.14. The molecule has 0 saturated heterocycles. The number of hydrogen-bond donors (Lipinski definition) is 1. The SMILES string of the molecule is CCCNc1nc(C)cn1Cc1nc(C)cs1. The van der Waals surface area contributed by atoms with E-state index in [9.17, 15) is 0 Å². The molecule has 0 aliphatic rings. The molecule has 0 fully saturated rings. The first-order chi connectivity index (χ1) is 8.19. The summed E-state index contributed by atoms with van der Waals surface area (Å²) in [6.07, 6.45) is 3.16. The summed E-state index contributed by atoms with van der Waals surface area (Å²) in [5.41, 5.74) is 2.13. The van der Waals surface area contributed by atoms with Gasteiger partial charge in [-0.05, 0) is 20.3 Å². The Kier molecular flexibility index (Phi) is 3.78. The summed E-state index contributed by atoms with van der Waals surface area (Å²) in [6.45, 7) is 7.94. The Morgan fingerprint density at radius 1 is 1.29 bits per heavy atom. The first-order valence-corrected chi connectivity index (χ1v) is 6.75. The van der Waals surface area contributed by atoms with Gasteiger partial charge in [0.1, 0.15) is 5.01 Å². The molecule has 92 valence electrons. The minimum Gasteiger partial charge on any atom is -0.356 e. The standard InChI is InChI=1S/C12H18N4S/c1-4-5-13-12-15-9(2)6-16(12)7-11-14-10(3)8-17-11/h6,8H,4-5,7H2,1-3H3,(H,13,15). The number of aryl methyl sites for hydroxylation is 2. The number of imidazole rings is 1. The van der Waals surface area contributed by atoms with Gasteiger partial charge in [0.2, 0.25) is 5.95 Å². The van der Waals surface area contributed by atoms with Gasteiger partial charge in [0.25, 0.3) is 0 Å². The van der Waals surface area contributed by atoms with Gasteiger partial charge in [-0.25, -0.2) is 9.97 Å². The molecule has 0 saturated carbocycles. The number of rotatable bonds is 5. The first-order valence-electron chi connectivity index (χ1n) is 5.87. The van der Waals surface area contributed by atoms with Crippen LogP contribution in [0.2, 0.25) is 0 Å². The molecule has 17 heavy (non-hydrogen) atoms. The zero-order chi connectivity index (χ0) is 12.3. The van der Waals surface area contributed by atoms with Gasteiger partial charge in [-0.3, -0.25) is 0 Å². The van der Waals surface area contributed by atoms with E-state index in [1.807, 2.05) is 13.8 Å². The van der Waals surface area contributed by atoms with Gasteiger partial charge in [-0.15, -0.1) is 11.3 Å². The maximum absolute atomic E-state index is 4.48. The highest BCUT2D eigenvalue weighted by atomic mass is 32.1. The summed E-state index contributed by atoms with van der Waals surface area (Å²) in [5, 5.41) is 6.55. The highest BCUT2D eigenvalue weighted by Gasteiger charge is 2.07. The topological polar surface area (TPSA) is 42.7 Å². The maximum Gasteiger partial charge on any atom is 0.203 e. The van der Waals surface area contributed by atoms with Gasteiger partial charge in [-0.2, -0.15) is 0 Å². The van der Waals surface area contributed by atoms with E-state index in [0.29, 0.717) is 0 Å². The monoisotopic (exact) mass is 250 g/mol. The summed E-state index contributed by atoms with van der Waals surface area (Å²) in [6, 6.07) is 0. The molecule has 0 aliphatic heterocycles. The van der Waals surface area contributed by atoms with Gasteiger partial charge in [0.05, 0.1) is 12.2 Å². The van der Waals surface area contributed by atoms with E-state index in [1.165, 1.54) is 0 Å². The Hall–Kier alpha value is -1.36. The van der Waals surface area contributed by atoms with Crippen molar-refractivity contribution < 1.29 is 0 Å². The van der Waals surface area contributed by atoms with Crippen LogP contribution in [-0.4, -0.2) is 21.1 Å². The van der Waals surface area contributed by atoms with Crippen molar-refractivity contribution in [1.29, 1.82) is 0 Å². The van der Waals surface area contributed by atoms with Crippen molar-refractivity contribution in [3.05, 3.63) is 28.0 Å².